The topological polar surface area (TPSA) is 55.4 Å². The highest BCUT2D eigenvalue weighted by Crippen LogP contribution is 2.31. The first kappa shape index (κ1) is 14.9. The number of carbonyl (C=O) groups excluding carboxylic acids is 1. The minimum atomic E-state index is 0.0275. The van der Waals surface area contributed by atoms with Crippen molar-refractivity contribution in [1.82, 2.24) is 24.1 Å². The summed E-state index contributed by atoms with van der Waals surface area (Å²) in [6, 6.07) is 7.78. The quantitative estimate of drug-likeness (QED) is 0.728. The number of amides is 1. The van der Waals surface area contributed by atoms with Crippen molar-refractivity contribution in [3.63, 3.8) is 0 Å². The molecular formula is C18H21N5O. The van der Waals surface area contributed by atoms with Crippen molar-refractivity contribution in [1.29, 1.82) is 0 Å². The number of piperidine rings is 1. The molecule has 4 rings (SSSR count). The van der Waals surface area contributed by atoms with E-state index in [4.69, 9.17) is 4.98 Å². The van der Waals surface area contributed by atoms with Crippen molar-refractivity contribution in [2.24, 2.45) is 7.05 Å². The van der Waals surface area contributed by atoms with Crippen LogP contribution in [0.5, 0.6) is 0 Å². The predicted molar refractivity (Wildman–Crippen MR) is 90.8 cm³/mol. The molecular weight excluding hydrogens is 302 g/mol. The summed E-state index contributed by atoms with van der Waals surface area (Å²) in [7, 11) is 1.91. The highest BCUT2D eigenvalue weighted by atomic mass is 16.2. The fourth-order valence-electron chi connectivity index (χ4n) is 3.58. The standard InChI is InChI=1S/C18H21N5O/c1-13-12-14(20-17-8-9-19-23(13)17)15-6-3-4-11-22(15)18(24)16-7-5-10-21(16)2/h5,7-10,12,15H,3-4,6,11H2,1-2H3/t15-/m0/s1. The molecule has 0 bridgehead atoms. The molecule has 3 aromatic heterocycles. The average Bonchev–Trinajstić information content (AvgIpc) is 3.23. The number of aromatic nitrogens is 4. The van der Waals surface area contributed by atoms with Crippen LogP contribution in [0.4, 0.5) is 0 Å². The van der Waals surface area contributed by atoms with Gasteiger partial charge >= 0.3 is 0 Å². The molecule has 3 aromatic rings. The van der Waals surface area contributed by atoms with Crippen LogP contribution in [0.1, 0.15) is 47.2 Å². The summed E-state index contributed by atoms with van der Waals surface area (Å²) in [6.07, 6.45) is 6.78. The van der Waals surface area contributed by atoms with Crippen molar-refractivity contribution in [3.05, 3.63) is 53.7 Å². The van der Waals surface area contributed by atoms with Gasteiger partial charge < -0.3 is 9.47 Å². The van der Waals surface area contributed by atoms with Gasteiger partial charge in [0.25, 0.3) is 5.91 Å². The fraction of sp³-hybridized carbons (Fsp3) is 0.389. The van der Waals surface area contributed by atoms with Gasteiger partial charge in [-0.1, -0.05) is 0 Å². The molecule has 6 nitrogen and oxygen atoms in total. The van der Waals surface area contributed by atoms with E-state index in [0.29, 0.717) is 0 Å². The van der Waals surface area contributed by atoms with Crippen molar-refractivity contribution in [2.45, 2.75) is 32.2 Å². The molecule has 0 radical (unpaired) electrons. The third kappa shape index (κ3) is 2.38. The molecule has 0 saturated carbocycles. The van der Waals surface area contributed by atoms with Crippen LogP contribution in [0.15, 0.2) is 36.7 Å². The zero-order valence-corrected chi connectivity index (χ0v) is 14.0. The predicted octanol–water partition coefficient (Wildman–Crippen LogP) is 2.74. The van der Waals surface area contributed by atoms with Crippen molar-refractivity contribution < 1.29 is 4.79 Å². The van der Waals surface area contributed by atoms with Crippen LogP contribution in [-0.2, 0) is 7.05 Å². The lowest BCUT2D eigenvalue weighted by Crippen LogP contribution is -2.39. The number of fused-ring (bicyclic) bond motifs is 1. The summed E-state index contributed by atoms with van der Waals surface area (Å²) in [5.74, 6) is 0.0834. The molecule has 6 heteroatoms. The zero-order chi connectivity index (χ0) is 16.7. The van der Waals surface area contributed by atoms with Gasteiger partial charge in [-0.15, -0.1) is 0 Å². The summed E-state index contributed by atoms with van der Waals surface area (Å²) < 4.78 is 3.71. The van der Waals surface area contributed by atoms with Gasteiger partial charge in [0.2, 0.25) is 0 Å². The van der Waals surface area contributed by atoms with E-state index in [2.05, 4.69) is 11.2 Å². The third-order valence-electron chi connectivity index (χ3n) is 4.83. The molecule has 0 aliphatic carbocycles. The Labute approximate surface area is 140 Å². The van der Waals surface area contributed by atoms with Crippen LogP contribution in [0.2, 0.25) is 0 Å². The van der Waals surface area contributed by atoms with Gasteiger partial charge in [0.15, 0.2) is 5.65 Å². The Kier molecular flexibility index (Phi) is 3.59. The number of hydrogen-bond donors (Lipinski definition) is 0. The number of aryl methyl sites for hydroxylation is 2. The highest BCUT2D eigenvalue weighted by molar-refractivity contribution is 5.93. The molecule has 4 heterocycles. The normalized spacial score (nSPS) is 18.2. The lowest BCUT2D eigenvalue weighted by atomic mass is 9.98. The molecule has 1 fully saturated rings. The Morgan fingerprint density at radius 1 is 1.29 bits per heavy atom. The summed E-state index contributed by atoms with van der Waals surface area (Å²) in [6.45, 7) is 2.80. The second-order valence-corrected chi connectivity index (χ2v) is 6.44. The minimum absolute atomic E-state index is 0.0275. The molecule has 0 N–H and O–H groups in total. The maximum absolute atomic E-state index is 13.0. The molecule has 0 unspecified atom stereocenters. The summed E-state index contributed by atoms with van der Waals surface area (Å²) >= 11 is 0. The van der Waals surface area contributed by atoms with Gasteiger partial charge in [-0.2, -0.15) is 5.10 Å². The first-order valence-electron chi connectivity index (χ1n) is 8.39. The number of carbonyl (C=O) groups is 1. The molecule has 1 aliphatic rings. The largest absolute Gasteiger partial charge is 0.347 e. The van der Waals surface area contributed by atoms with Gasteiger partial charge in [0.05, 0.1) is 17.9 Å². The van der Waals surface area contributed by atoms with Gasteiger partial charge in [-0.3, -0.25) is 4.79 Å². The van der Waals surface area contributed by atoms with Crippen molar-refractivity contribution >= 4 is 11.6 Å². The van der Waals surface area contributed by atoms with E-state index in [1.54, 1.807) is 6.20 Å². The summed E-state index contributed by atoms with van der Waals surface area (Å²) in [5.41, 5.74) is 3.56. The summed E-state index contributed by atoms with van der Waals surface area (Å²) in [5, 5.41) is 4.28. The van der Waals surface area contributed by atoms with Crippen LogP contribution < -0.4 is 0 Å². The van der Waals surface area contributed by atoms with E-state index in [1.807, 2.05) is 52.3 Å². The molecule has 1 amide bonds. The minimum Gasteiger partial charge on any atom is -0.347 e. The van der Waals surface area contributed by atoms with Crippen LogP contribution >= 0.6 is 0 Å². The Morgan fingerprint density at radius 3 is 2.96 bits per heavy atom. The van der Waals surface area contributed by atoms with Gasteiger partial charge in [0, 0.05) is 31.5 Å². The molecule has 1 aliphatic heterocycles. The smallest absolute Gasteiger partial charge is 0.271 e. The van der Waals surface area contributed by atoms with E-state index >= 15 is 0 Å². The van der Waals surface area contributed by atoms with Crippen LogP contribution in [-0.4, -0.2) is 36.5 Å². The molecule has 0 aromatic carbocycles. The molecule has 0 spiro atoms. The van der Waals surface area contributed by atoms with Gasteiger partial charge in [0.1, 0.15) is 5.69 Å². The van der Waals surface area contributed by atoms with Gasteiger partial charge in [-0.05, 0) is 44.4 Å². The Morgan fingerprint density at radius 2 is 2.17 bits per heavy atom. The van der Waals surface area contributed by atoms with Crippen LogP contribution in [0, 0.1) is 6.92 Å². The lowest BCUT2D eigenvalue weighted by molar-refractivity contribution is 0.0596. The van der Waals surface area contributed by atoms with E-state index in [1.165, 1.54) is 0 Å². The van der Waals surface area contributed by atoms with Crippen LogP contribution in [0.25, 0.3) is 5.65 Å². The first-order valence-corrected chi connectivity index (χ1v) is 8.39. The van der Waals surface area contributed by atoms with E-state index < -0.39 is 0 Å². The number of likely N-dealkylation sites (tertiary alicyclic amines) is 1. The highest BCUT2D eigenvalue weighted by Gasteiger charge is 2.31. The third-order valence-corrected chi connectivity index (χ3v) is 4.83. The number of rotatable bonds is 2. The van der Waals surface area contributed by atoms with Crippen molar-refractivity contribution in [2.75, 3.05) is 6.54 Å². The Balaban J connectivity index is 1.73. The number of hydrogen-bond acceptors (Lipinski definition) is 3. The maximum Gasteiger partial charge on any atom is 0.271 e. The maximum atomic E-state index is 13.0. The van der Waals surface area contributed by atoms with Gasteiger partial charge in [-0.25, -0.2) is 9.50 Å². The second-order valence-electron chi connectivity index (χ2n) is 6.44. The number of nitrogens with zero attached hydrogens (tertiary/aromatic N) is 5. The fourth-order valence-corrected chi connectivity index (χ4v) is 3.58. The average molecular weight is 323 g/mol. The van der Waals surface area contributed by atoms with E-state index in [9.17, 15) is 4.79 Å². The Hall–Kier alpha value is -2.63. The second kappa shape index (κ2) is 5.78. The van der Waals surface area contributed by atoms with Crippen molar-refractivity contribution in [3.8, 4) is 0 Å². The van der Waals surface area contributed by atoms with E-state index in [-0.39, 0.29) is 11.9 Å². The Bertz CT molecular complexity index is 894. The molecule has 1 atom stereocenters. The molecule has 124 valence electrons. The molecule has 24 heavy (non-hydrogen) atoms. The summed E-state index contributed by atoms with van der Waals surface area (Å²) in [4.78, 5) is 19.8. The zero-order valence-electron chi connectivity index (χ0n) is 14.0. The van der Waals surface area contributed by atoms with Crippen LogP contribution in [0.3, 0.4) is 0 Å². The van der Waals surface area contributed by atoms with E-state index in [0.717, 1.165) is 48.5 Å². The SMILES string of the molecule is Cc1cc([C@@H]2CCCCN2C(=O)c2cccn2C)nc2ccnn12. The lowest BCUT2D eigenvalue weighted by Gasteiger charge is -2.35. The molecule has 1 saturated heterocycles. The first-order chi connectivity index (χ1) is 11.6. The monoisotopic (exact) mass is 323 g/mol.